The highest BCUT2D eigenvalue weighted by atomic mass is 16.4. The van der Waals surface area contributed by atoms with Gasteiger partial charge in [-0.25, -0.2) is 0 Å². The Labute approximate surface area is 99.6 Å². The Morgan fingerprint density at radius 3 is 2.65 bits per heavy atom. The Morgan fingerprint density at radius 1 is 1.41 bits per heavy atom. The number of nitrogens with one attached hydrogen (secondary N) is 1. The first kappa shape index (κ1) is 11.6. The summed E-state index contributed by atoms with van der Waals surface area (Å²) in [6.45, 7) is 1.46. The number of hydrogen-bond donors (Lipinski definition) is 2. The van der Waals surface area contributed by atoms with Gasteiger partial charge in [-0.2, -0.15) is 0 Å². The monoisotopic (exact) mass is 233 g/mol. The van der Waals surface area contributed by atoms with Gasteiger partial charge in [-0.1, -0.05) is 12.1 Å². The van der Waals surface area contributed by atoms with Gasteiger partial charge in [-0.15, -0.1) is 0 Å². The molecule has 1 fully saturated rings. The number of carboxylic acids is 1. The number of aliphatic carboxylic acids is 1. The normalized spacial score (nSPS) is 16.3. The lowest BCUT2D eigenvalue weighted by molar-refractivity contribution is -0.137. The van der Waals surface area contributed by atoms with Crippen molar-refractivity contribution in [2.45, 2.75) is 31.6 Å². The van der Waals surface area contributed by atoms with Crippen LogP contribution in [-0.2, 0) is 15.0 Å². The summed E-state index contributed by atoms with van der Waals surface area (Å²) >= 11 is 0. The molecule has 1 amide bonds. The van der Waals surface area contributed by atoms with Crippen LogP contribution in [0.3, 0.4) is 0 Å². The van der Waals surface area contributed by atoms with Gasteiger partial charge in [-0.3, -0.25) is 9.59 Å². The van der Waals surface area contributed by atoms with Crippen molar-refractivity contribution in [1.82, 2.24) is 0 Å². The Hall–Kier alpha value is -1.84. The molecule has 1 aromatic carbocycles. The average molecular weight is 233 g/mol. The van der Waals surface area contributed by atoms with Gasteiger partial charge in [0.1, 0.15) is 0 Å². The highest BCUT2D eigenvalue weighted by molar-refractivity contribution is 5.88. The summed E-state index contributed by atoms with van der Waals surface area (Å²) in [4.78, 5) is 21.8. The van der Waals surface area contributed by atoms with Crippen molar-refractivity contribution >= 4 is 17.6 Å². The minimum Gasteiger partial charge on any atom is -0.481 e. The standard InChI is InChI=1S/C13H15NO3/c1-9(15)14-11-4-2-3-10(7-11)13(5-6-13)8-12(16)17/h2-4,7H,5-6,8H2,1H3,(H,14,15)(H,16,17). The second kappa shape index (κ2) is 4.20. The Balaban J connectivity index is 2.21. The van der Waals surface area contributed by atoms with E-state index in [1.807, 2.05) is 24.3 Å². The molecule has 2 N–H and O–H groups in total. The fourth-order valence-corrected chi connectivity index (χ4v) is 2.14. The largest absolute Gasteiger partial charge is 0.481 e. The van der Waals surface area contributed by atoms with E-state index in [0.29, 0.717) is 0 Å². The van der Waals surface area contributed by atoms with E-state index < -0.39 is 5.97 Å². The van der Waals surface area contributed by atoms with Crippen LogP contribution in [0.4, 0.5) is 5.69 Å². The fraction of sp³-hybridized carbons (Fsp3) is 0.385. The zero-order valence-electron chi connectivity index (χ0n) is 9.69. The second-order valence-electron chi connectivity index (χ2n) is 4.61. The van der Waals surface area contributed by atoms with Gasteiger partial charge >= 0.3 is 5.97 Å². The number of carbonyl (C=O) groups excluding carboxylic acids is 1. The number of hydrogen-bond acceptors (Lipinski definition) is 2. The summed E-state index contributed by atoms with van der Waals surface area (Å²) in [6.07, 6.45) is 1.97. The van der Waals surface area contributed by atoms with Gasteiger partial charge < -0.3 is 10.4 Å². The maximum atomic E-state index is 11.0. The highest BCUT2D eigenvalue weighted by Gasteiger charge is 2.45. The molecule has 0 aromatic heterocycles. The Kier molecular flexibility index (Phi) is 2.88. The molecule has 0 saturated heterocycles. The summed E-state index contributed by atoms with van der Waals surface area (Å²) in [6, 6.07) is 7.46. The predicted molar refractivity (Wildman–Crippen MR) is 63.9 cm³/mol. The van der Waals surface area contributed by atoms with Crippen LogP contribution < -0.4 is 5.32 Å². The summed E-state index contributed by atoms with van der Waals surface area (Å²) in [7, 11) is 0. The molecule has 0 spiro atoms. The number of benzene rings is 1. The first-order valence-corrected chi connectivity index (χ1v) is 5.62. The highest BCUT2D eigenvalue weighted by Crippen LogP contribution is 2.51. The molecule has 2 rings (SSSR count). The quantitative estimate of drug-likeness (QED) is 0.837. The number of anilines is 1. The van der Waals surface area contributed by atoms with Crippen molar-refractivity contribution in [1.29, 1.82) is 0 Å². The molecule has 0 radical (unpaired) electrons. The van der Waals surface area contributed by atoms with E-state index in [9.17, 15) is 9.59 Å². The van der Waals surface area contributed by atoms with Gasteiger partial charge in [0.25, 0.3) is 0 Å². The molecule has 90 valence electrons. The van der Waals surface area contributed by atoms with Crippen molar-refractivity contribution < 1.29 is 14.7 Å². The van der Waals surface area contributed by atoms with Crippen molar-refractivity contribution in [2.75, 3.05) is 5.32 Å². The van der Waals surface area contributed by atoms with Crippen molar-refractivity contribution in [2.24, 2.45) is 0 Å². The molecule has 17 heavy (non-hydrogen) atoms. The topological polar surface area (TPSA) is 66.4 Å². The summed E-state index contributed by atoms with van der Waals surface area (Å²) < 4.78 is 0. The lowest BCUT2D eigenvalue weighted by Crippen LogP contribution is -2.13. The number of rotatable bonds is 4. The summed E-state index contributed by atoms with van der Waals surface area (Å²) in [5.74, 6) is -0.891. The molecular weight excluding hydrogens is 218 g/mol. The predicted octanol–water partition coefficient (Wildman–Crippen LogP) is 2.15. The van der Waals surface area contributed by atoms with Crippen molar-refractivity contribution in [3.05, 3.63) is 29.8 Å². The molecule has 0 aliphatic heterocycles. The molecule has 4 nitrogen and oxygen atoms in total. The van der Waals surface area contributed by atoms with Crippen LogP contribution >= 0.6 is 0 Å². The van der Waals surface area contributed by atoms with Crippen LogP contribution in [-0.4, -0.2) is 17.0 Å². The average Bonchev–Trinajstić information content (AvgIpc) is 2.97. The molecule has 0 atom stereocenters. The van der Waals surface area contributed by atoms with Crippen molar-refractivity contribution in [3.8, 4) is 0 Å². The third-order valence-electron chi connectivity index (χ3n) is 3.14. The molecular formula is C13H15NO3. The van der Waals surface area contributed by atoms with Gasteiger partial charge in [-0.05, 0) is 30.5 Å². The van der Waals surface area contributed by atoms with E-state index in [4.69, 9.17) is 5.11 Å². The smallest absolute Gasteiger partial charge is 0.304 e. The van der Waals surface area contributed by atoms with Crippen LogP contribution in [0.2, 0.25) is 0 Å². The molecule has 1 aliphatic rings. The zero-order chi connectivity index (χ0) is 12.5. The molecule has 1 saturated carbocycles. The van der Waals surface area contributed by atoms with Gasteiger partial charge in [0.15, 0.2) is 0 Å². The number of carbonyl (C=O) groups is 2. The van der Waals surface area contributed by atoms with E-state index in [1.165, 1.54) is 6.92 Å². The van der Waals surface area contributed by atoms with Crippen molar-refractivity contribution in [3.63, 3.8) is 0 Å². The molecule has 4 heteroatoms. The van der Waals surface area contributed by atoms with E-state index in [2.05, 4.69) is 5.32 Å². The molecule has 1 aromatic rings. The van der Waals surface area contributed by atoms with Gasteiger partial charge in [0.05, 0.1) is 6.42 Å². The Bertz CT molecular complexity index is 463. The fourth-order valence-electron chi connectivity index (χ4n) is 2.14. The summed E-state index contributed by atoms with van der Waals surface area (Å²) in [5, 5.41) is 11.6. The first-order valence-electron chi connectivity index (χ1n) is 5.62. The minimum absolute atomic E-state index is 0.120. The van der Waals surface area contributed by atoms with Crippen LogP contribution in [0, 0.1) is 0 Å². The number of carboxylic acid groups (broad SMARTS) is 1. The van der Waals surface area contributed by atoms with Crippen LogP contribution in [0.5, 0.6) is 0 Å². The van der Waals surface area contributed by atoms with E-state index in [-0.39, 0.29) is 17.7 Å². The summed E-state index contributed by atoms with van der Waals surface area (Å²) in [5.41, 5.74) is 1.53. The van der Waals surface area contributed by atoms with E-state index >= 15 is 0 Å². The molecule has 1 aliphatic carbocycles. The van der Waals surface area contributed by atoms with Gasteiger partial charge in [0.2, 0.25) is 5.91 Å². The van der Waals surface area contributed by atoms with Crippen LogP contribution in [0.25, 0.3) is 0 Å². The van der Waals surface area contributed by atoms with E-state index in [0.717, 1.165) is 24.1 Å². The lowest BCUT2D eigenvalue weighted by atomic mass is 9.92. The van der Waals surface area contributed by atoms with Gasteiger partial charge in [0, 0.05) is 18.0 Å². The molecule has 0 bridgehead atoms. The van der Waals surface area contributed by atoms with E-state index in [1.54, 1.807) is 0 Å². The van der Waals surface area contributed by atoms with Crippen LogP contribution in [0.15, 0.2) is 24.3 Å². The number of amides is 1. The van der Waals surface area contributed by atoms with Crippen LogP contribution in [0.1, 0.15) is 31.7 Å². The first-order chi connectivity index (χ1) is 8.02. The third kappa shape index (κ3) is 2.64. The SMILES string of the molecule is CC(=O)Nc1cccc(C2(CC(=O)O)CC2)c1. The minimum atomic E-state index is -0.771. The third-order valence-corrected chi connectivity index (χ3v) is 3.14. The Morgan fingerprint density at radius 2 is 2.12 bits per heavy atom. The maximum Gasteiger partial charge on any atom is 0.304 e. The molecule has 0 unspecified atom stereocenters. The zero-order valence-corrected chi connectivity index (χ0v) is 9.69. The second-order valence-corrected chi connectivity index (χ2v) is 4.61. The lowest BCUT2D eigenvalue weighted by Gasteiger charge is -2.14. The molecule has 0 heterocycles. The maximum absolute atomic E-state index is 11.0.